The van der Waals surface area contributed by atoms with Crippen LogP contribution in [-0.2, 0) is 4.79 Å². The number of likely N-dealkylation sites (tertiary alicyclic amines) is 1. The summed E-state index contributed by atoms with van der Waals surface area (Å²) in [6.07, 6.45) is 3.19. The van der Waals surface area contributed by atoms with Crippen molar-refractivity contribution in [3.8, 4) is 11.6 Å². The van der Waals surface area contributed by atoms with E-state index in [1.165, 1.54) is 24.3 Å². The van der Waals surface area contributed by atoms with E-state index in [0.717, 1.165) is 12.8 Å². The van der Waals surface area contributed by atoms with Gasteiger partial charge in [0.05, 0.1) is 6.54 Å². The molecule has 2 heterocycles. The van der Waals surface area contributed by atoms with Crippen molar-refractivity contribution >= 4 is 5.91 Å². The average Bonchev–Trinajstić information content (AvgIpc) is 2.62. The normalized spacial score (nSPS) is 17.4. The summed E-state index contributed by atoms with van der Waals surface area (Å²) < 4.78 is 24.0. The third-order valence-corrected chi connectivity index (χ3v) is 3.74. The first-order valence-corrected chi connectivity index (χ1v) is 7.81. The maximum absolute atomic E-state index is 12.8. The first-order chi connectivity index (χ1) is 11.7. The van der Waals surface area contributed by atoms with Gasteiger partial charge in [0.2, 0.25) is 5.88 Å². The lowest BCUT2D eigenvalue weighted by Crippen LogP contribution is -2.46. The highest BCUT2D eigenvalue weighted by molar-refractivity contribution is 5.77. The van der Waals surface area contributed by atoms with Crippen LogP contribution in [0.1, 0.15) is 12.8 Å². The molecule has 1 atom stereocenters. The number of hydrogen-bond acceptors (Lipinski definition) is 5. The number of rotatable bonds is 5. The third-order valence-electron chi connectivity index (χ3n) is 3.74. The highest BCUT2D eigenvalue weighted by Gasteiger charge is 2.25. The number of carbonyl (C=O) groups excluding carboxylic acids is 1. The minimum Gasteiger partial charge on any atom is -0.484 e. The Kier molecular flexibility index (Phi) is 5.20. The topological polar surface area (TPSA) is 64.5 Å². The van der Waals surface area contributed by atoms with Crippen LogP contribution in [0.25, 0.3) is 0 Å². The number of aromatic nitrogens is 2. The molecule has 0 bridgehead atoms. The Morgan fingerprint density at radius 2 is 2.12 bits per heavy atom. The van der Waals surface area contributed by atoms with Crippen molar-refractivity contribution in [3.63, 3.8) is 0 Å². The second kappa shape index (κ2) is 7.72. The molecule has 0 saturated carbocycles. The zero-order chi connectivity index (χ0) is 16.8. The fraction of sp³-hybridized carbons (Fsp3) is 0.353. The number of halogens is 1. The van der Waals surface area contributed by atoms with Crippen molar-refractivity contribution in [2.24, 2.45) is 0 Å². The SMILES string of the molecule is O=C(COc1ccc(F)cc1)N1CCC[C@@H](Oc2cccnn2)C1. The van der Waals surface area contributed by atoms with Gasteiger partial charge in [-0.2, -0.15) is 5.10 Å². The lowest BCUT2D eigenvalue weighted by atomic mass is 10.1. The van der Waals surface area contributed by atoms with E-state index in [4.69, 9.17) is 9.47 Å². The maximum atomic E-state index is 12.8. The van der Waals surface area contributed by atoms with E-state index in [0.29, 0.717) is 24.7 Å². The van der Waals surface area contributed by atoms with Gasteiger partial charge in [0.25, 0.3) is 5.91 Å². The fourth-order valence-corrected chi connectivity index (χ4v) is 2.55. The van der Waals surface area contributed by atoms with E-state index in [9.17, 15) is 9.18 Å². The van der Waals surface area contributed by atoms with Crippen LogP contribution in [0, 0.1) is 5.82 Å². The highest BCUT2D eigenvalue weighted by Crippen LogP contribution is 2.17. The van der Waals surface area contributed by atoms with E-state index < -0.39 is 0 Å². The first-order valence-electron chi connectivity index (χ1n) is 7.81. The quantitative estimate of drug-likeness (QED) is 0.839. The molecule has 0 unspecified atom stereocenters. The first kappa shape index (κ1) is 16.2. The molecule has 1 aromatic carbocycles. The van der Waals surface area contributed by atoms with E-state index >= 15 is 0 Å². The summed E-state index contributed by atoms with van der Waals surface area (Å²) in [4.78, 5) is 14.0. The van der Waals surface area contributed by atoms with Gasteiger partial charge in [-0.3, -0.25) is 4.79 Å². The van der Waals surface area contributed by atoms with Crippen molar-refractivity contribution in [3.05, 3.63) is 48.4 Å². The van der Waals surface area contributed by atoms with Gasteiger partial charge in [-0.15, -0.1) is 5.10 Å². The van der Waals surface area contributed by atoms with Gasteiger partial charge >= 0.3 is 0 Å². The fourth-order valence-electron chi connectivity index (χ4n) is 2.55. The molecule has 1 fully saturated rings. The van der Waals surface area contributed by atoms with E-state index in [1.54, 1.807) is 23.2 Å². The molecule has 3 rings (SSSR count). The number of amides is 1. The molecule has 0 aliphatic carbocycles. The summed E-state index contributed by atoms with van der Waals surface area (Å²) >= 11 is 0. The molecule has 1 amide bonds. The Labute approximate surface area is 139 Å². The predicted octanol–water partition coefficient (Wildman–Crippen LogP) is 2.06. The van der Waals surface area contributed by atoms with Crippen LogP contribution >= 0.6 is 0 Å². The van der Waals surface area contributed by atoms with Crippen LogP contribution in [-0.4, -0.2) is 46.8 Å². The average molecular weight is 331 g/mol. The van der Waals surface area contributed by atoms with Crippen molar-refractivity contribution in [1.82, 2.24) is 15.1 Å². The summed E-state index contributed by atoms with van der Waals surface area (Å²) in [5, 5.41) is 7.67. The van der Waals surface area contributed by atoms with Gasteiger partial charge in [-0.05, 0) is 43.2 Å². The van der Waals surface area contributed by atoms with Crippen molar-refractivity contribution < 1.29 is 18.7 Å². The zero-order valence-electron chi connectivity index (χ0n) is 13.1. The van der Waals surface area contributed by atoms with Gasteiger partial charge < -0.3 is 14.4 Å². The number of piperidine rings is 1. The minimum atomic E-state index is -0.339. The van der Waals surface area contributed by atoms with Crippen molar-refractivity contribution in [2.75, 3.05) is 19.7 Å². The van der Waals surface area contributed by atoms with Crippen LogP contribution in [0.2, 0.25) is 0 Å². The summed E-state index contributed by atoms with van der Waals surface area (Å²) in [5.74, 6) is 0.467. The van der Waals surface area contributed by atoms with Gasteiger partial charge in [0, 0.05) is 18.8 Å². The van der Waals surface area contributed by atoms with Crippen LogP contribution in [0.3, 0.4) is 0 Å². The number of carbonyl (C=O) groups is 1. The molecule has 1 aliphatic heterocycles. The smallest absolute Gasteiger partial charge is 0.260 e. The second-order valence-corrected chi connectivity index (χ2v) is 5.53. The molecular formula is C17H18FN3O3. The molecule has 0 radical (unpaired) electrons. The molecule has 24 heavy (non-hydrogen) atoms. The van der Waals surface area contributed by atoms with Crippen LogP contribution in [0.5, 0.6) is 11.6 Å². The molecule has 1 saturated heterocycles. The van der Waals surface area contributed by atoms with Gasteiger partial charge in [0.1, 0.15) is 17.7 Å². The third kappa shape index (κ3) is 4.41. The van der Waals surface area contributed by atoms with E-state index in [1.807, 2.05) is 0 Å². The largest absolute Gasteiger partial charge is 0.484 e. The summed E-state index contributed by atoms with van der Waals surface area (Å²) in [5.41, 5.74) is 0. The zero-order valence-corrected chi connectivity index (χ0v) is 13.1. The van der Waals surface area contributed by atoms with Gasteiger partial charge in [-0.1, -0.05) is 0 Å². The molecule has 7 heteroatoms. The molecule has 1 aliphatic rings. The standard InChI is InChI=1S/C17H18FN3O3/c18-13-5-7-14(8-6-13)23-12-17(22)21-10-2-3-15(11-21)24-16-4-1-9-19-20-16/h1,4-9,15H,2-3,10-12H2/t15-/m1/s1. The van der Waals surface area contributed by atoms with E-state index in [2.05, 4.69) is 10.2 Å². The number of ether oxygens (including phenoxy) is 2. The summed E-state index contributed by atoms with van der Waals surface area (Å²) in [6.45, 7) is 1.08. The Morgan fingerprint density at radius 1 is 1.29 bits per heavy atom. The molecule has 126 valence electrons. The maximum Gasteiger partial charge on any atom is 0.260 e. The molecule has 6 nitrogen and oxygen atoms in total. The van der Waals surface area contributed by atoms with Crippen molar-refractivity contribution in [1.29, 1.82) is 0 Å². The molecule has 1 aromatic heterocycles. The Morgan fingerprint density at radius 3 is 2.88 bits per heavy atom. The van der Waals surface area contributed by atoms with Crippen LogP contribution in [0.15, 0.2) is 42.6 Å². The lowest BCUT2D eigenvalue weighted by Gasteiger charge is -2.32. The second-order valence-electron chi connectivity index (χ2n) is 5.53. The minimum absolute atomic E-state index is 0.0799. The van der Waals surface area contributed by atoms with Crippen LogP contribution < -0.4 is 9.47 Å². The molecular weight excluding hydrogens is 313 g/mol. The lowest BCUT2D eigenvalue weighted by molar-refractivity contribution is -0.136. The monoisotopic (exact) mass is 331 g/mol. The highest BCUT2D eigenvalue weighted by atomic mass is 19.1. The number of hydrogen-bond donors (Lipinski definition) is 0. The molecule has 2 aromatic rings. The Balaban J connectivity index is 1.50. The predicted molar refractivity (Wildman–Crippen MR) is 84.2 cm³/mol. The van der Waals surface area contributed by atoms with Crippen molar-refractivity contribution in [2.45, 2.75) is 18.9 Å². The molecule has 0 N–H and O–H groups in total. The summed E-state index contributed by atoms with van der Waals surface area (Å²) in [7, 11) is 0. The summed E-state index contributed by atoms with van der Waals surface area (Å²) in [6, 6.07) is 9.09. The van der Waals surface area contributed by atoms with Gasteiger partial charge in [-0.25, -0.2) is 4.39 Å². The van der Waals surface area contributed by atoms with Crippen LogP contribution in [0.4, 0.5) is 4.39 Å². The van der Waals surface area contributed by atoms with Gasteiger partial charge in [0.15, 0.2) is 6.61 Å². The Hall–Kier alpha value is -2.70. The Bertz CT molecular complexity index is 667. The number of nitrogens with zero attached hydrogens (tertiary/aromatic N) is 3. The van der Waals surface area contributed by atoms with E-state index in [-0.39, 0.29) is 24.4 Å². The molecule has 0 spiro atoms. The number of benzene rings is 1.